The molecule has 318 valence electrons. The molecule has 2 unspecified atom stereocenters. The molecule has 0 aliphatic rings. The Balaban J connectivity index is 0.000000272. The number of aromatic nitrogens is 1. The van der Waals surface area contributed by atoms with Crippen molar-refractivity contribution in [3.8, 4) is 0 Å². The number of hydrogen-bond donors (Lipinski definition) is 5. The zero-order chi connectivity index (χ0) is 44.5. The lowest BCUT2D eigenvalue weighted by atomic mass is 10.0. The Morgan fingerprint density at radius 2 is 1.07 bits per heavy atom. The molecule has 61 heavy (non-hydrogen) atoms. The number of esters is 1. The number of methoxy groups -OCH3 is 1. The second-order valence-electron chi connectivity index (χ2n) is 13.4. The summed E-state index contributed by atoms with van der Waals surface area (Å²) in [7, 11) is 1.24. The fourth-order valence-electron chi connectivity index (χ4n) is 5.73. The predicted molar refractivity (Wildman–Crippen MR) is 235 cm³/mol. The van der Waals surface area contributed by atoms with E-state index in [4.69, 9.17) is 56.9 Å². The van der Waals surface area contributed by atoms with Gasteiger partial charge in [-0.25, -0.2) is 14.6 Å². The van der Waals surface area contributed by atoms with E-state index in [0.29, 0.717) is 11.4 Å². The minimum Gasteiger partial charge on any atom is -0.480 e. The van der Waals surface area contributed by atoms with Gasteiger partial charge in [0.2, 0.25) is 0 Å². The first-order chi connectivity index (χ1) is 29.2. The Morgan fingerprint density at radius 3 is 1.49 bits per heavy atom. The van der Waals surface area contributed by atoms with Crippen molar-refractivity contribution in [2.45, 2.75) is 37.8 Å². The lowest BCUT2D eigenvalue weighted by Gasteiger charge is -2.18. The van der Waals surface area contributed by atoms with Crippen LogP contribution in [0.25, 0.3) is 0 Å². The number of halogens is 4. The van der Waals surface area contributed by atoms with Gasteiger partial charge in [0, 0.05) is 31.9 Å². The maximum absolute atomic E-state index is 12.6. The molecule has 4 aromatic carbocycles. The number of carboxylic acid groups (broad SMARTS) is 1. The van der Waals surface area contributed by atoms with Gasteiger partial charge in [-0.2, -0.15) is 0 Å². The van der Waals surface area contributed by atoms with Crippen LogP contribution in [0.15, 0.2) is 109 Å². The standard InChI is InChI=1S/C24H21Cl2N3O4.C20H20Cl2N2O4/c25-18-4-3-5-19(26)22(18)23(31)29-20(24(32)33)13-16-9-7-15(8-10-16)12-17(30)14-28-21-6-1-2-11-27-21;1-28-20(27)17(24-19(26)18-15(21)3-2-4-16(18)22)10-13-7-5-12(6-8-13)9-14(25)11-23/h1-11,20H,12-14H2,(H,27,28)(H,29,31)(H,32,33);2-8,17H,9-11,23H2,1H3,(H,24,26). The number of ketones is 2. The van der Waals surface area contributed by atoms with E-state index in [2.05, 4.69) is 20.9 Å². The van der Waals surface area contributed by atoms with E-state index < -0.39 is 35.8 Å². The fraction of sp³-hybridized carbons (Fsp3) is 0.205. The maximum atomic E-state index is 12.6. The molecule has 0 aliphatic heterocycles. The SMILES string of the molecule is COC(=O)C(Cc1ccc(CC(=O)CN)cc1)NC(=O)c1c(Cl)cccc1Cl.O=C(CNc1ccccn1)Cc1ccc(CC(NC(=O)c2c(Cl)cccc2Cl)C(=O)O)cc1. The number of ether oxygens (including phenoxy) is 1. The van der Waals surface area contributed by atoms with Crippen molar-refractivity contribution in [3.63, 3.8) is 0 Å². The number of anilines is 1. The van der Waals surface area contributed by atoms with E-state index in [1.807, 2.05) is 6.07 Å². The van der Waals surface area contributed by atoms with Gasteiger partial charge in [-0.3, -0.25) is 19.2 Å². The third kappa shape index (κ3) is 15.0. The molecule has 5 aromatic rings. The van der Waals surface area contributed by atoms with Crippen molar-refractivity contribution in [1.29, 1.82) is 0 Å². The summed E-state index contributed by atoms with van der Waals surface area (Å²) in [6.45, 7) is 0.138. The molecule has 0 saturated carbocycles. The third-order valence-electron chi connectivity index (χ3n) is 8.86. The number of carbonyl (C=O) groups excluding carboxylic acids is 5. The number of nitrogens with zero attached hydrogens (tertiary/aromatic N) is 1. The average Bonchev–Trinajstić information content (AvgIpc) is 3.24. The number of rotatable bonds is 18. The second kappa shape index (κ2) is 23.8. The number of benzene rings is 4. The molecular weight excluding hydrogens is 868 g/mol. The van der Waals surface area contributed by atoms with Gasteiger partial charge in [-0.05, 0) is 58.7 Å². The lowest BCUT2D eigenvalue weighted by molar-refractivity contribution is -0.143. The van der Waals surface area contributed by atoms with Crippen LogP contribution in [0.3, 0.4) is 0 Å². The summed E-state index contributed by atoms with van der Waals surface area (Å²) >= 11 is 24.2. The number of carbonyl (C=O) groups is 6. The maximum Gasteiger partial charge on any atom is 0.328 e. The molecule has 0 saturated heterocycles. The van der Waals surface area contributed by atoms with Crippen LogP contribution >= 0.6 is 46.4 Å². The van der Waals surface area contributed by atoms with E-state index in [1.54, 1.807) is 79.0 Å². The number of nitrogens with one attached hydrogen (secondary N) is 3. The van der Waals surface area contributed by atoms with Crippen LogP contribution in [0, 0.1) is 0 Å². The van der Waals surface area contributed by atoms with E-state index in [9.17, 15) is 33.9 Å². The highest BCUT2D eigenvalue weighted by Crippen LogP contribution is 2.25. The summed E-state index contributed by atoms with van der Waals surface area (Å²) in [5, 5.41) is 18.2. The van der Waals surface area contributed by atoms with Gasteiger partial charge in [-0.15, -0.1) is 0 Å². The summed E-state index contributed by atoms with van der Waals surface area (Å²) < 4.78 is 4.79. The Hall–Kier alpha value is -5.83. The molecule has 2 atom stereocenters. The first-order valence-corrected chi connectivity index (χ1v) is 20.0. The number of pyridine rings is 1. The smallest absolute Gasteiger partial charge is 0.328 e. The van der Waals surface area contributed by atoms with Crippen molar-refractivity contribution in [2.24, 2.45) is 5.73 Å². The van der Waals surface area contributed by atoms with Crippen molar-refractivity contribution >= 4 is 87.5 Å². The number of hydrogen-bond acceptors (Lipinski definition) is 10. The molecule has 1 aromatic heterocycles. The summed E-state index contributed by atoms with van der Waals surface area (Å²) in [6.07, 6.45) is 2.37. The normalized spacial score (nSPS) is 11.5. The van der Waals surface area contributed by atoms with Crippen molar-refractivity contribution in [2.75, 3.05) is 25.5 Å². The summed E-state index contributed by atoms with van der Waals surface area (Å²) in [5.74, 6) is -2.48. The summed E-state index contributed by atoms with van der Waals surface area (Å²) in [6, 6.07) is 26.7. The van der Waals surface area contributed by atoms with Crippen molar-refractivity contribution in [1.82, 2.24) is 15.6 Å². The highest BCUT2D eigenvalue weighted by atomic mass is 35.5. The van der Waals surface area contributed by atoms with Crippen LogP contribution in [-0.2, 0) is 49.6 Å². The van der Waals surface area contributed by atoms with Gasteiger partial charge in [0.25, 0.3) is 11.8 Å². The molecule has 0 aliphatic carbocycles. The number of nitrogens with two attached hydrogens (primary N) is 1. The molecule has 6 N–H and O–H groups in total. The average molecular weight is 910 g/mol. The first kappa shape index (κ1) is 47.8. The number of aliphatic carboxylic acids is 1. The Labute approximate surface area is 371 Å². The van der Waals surface area contributed by atoms with E-state index in [-0.39, 0.29) is 81.6 Å². The van der Waals surface area contributed by atoms with Gasteiger partial charge in [0.05, 0.1) is 51.4 Å². The summed E-state index contributed by atoms with van der Waals surface area (Å²) in [5.41, 5.74) is 8.53. The van der Waals surface area contributed by atoms with Gasteiger partial charge >= 0.3 is 11.9 Å². The first-order valence-electron chi connectivity index (χ1n) is 18.5. The van der Waals surface area contributed by atoms with Crippen molar-refractivity contribution < 1.29 is 38.6 Å². The van der Waals surface area contributed by atoms with Gasteiger partial charge < -0.3 is 31.5 Å². The lowest BCUT2D eigenvalue weighted by Crippen LogP contribution is -2.43. The minimum atomic E-state index is -1.19. The number of carboxylic acids is 1. The molecule has 5 rings (SSSR count). The Bertz CT molecular complexity index is 2290. The Morgan fingerprint density at radius 1 is 0.623 bits per heavy atom. The molecule has 0 bridgehead atoms. The largest absolute Gasteiger partial charge is 0.480 e. The Kier molecular flexibility index (Phi) is 18.7. The van der Waals surface area contributed by atoms with E-state index >= 15 is 0 Å². The van der Waals surface area contributed by atoms with Crippen molar-refractivity contribution in [3.05, 3.63) is 163 Å². The predicted octanol–water partition coefficient (Wildman–Crippen LogP) is 6.62. The molecule has 0 radical (unpaired) electrons. The number of amides is 2. The van der Waals surface area contributed by atoms with Crippen LogP contribution < -0.4 is 21.7 Å². The molecule has 13 nitrogen and oxygen atoms in total. The van der Waals surface area contributed by atoms with E-state index in [0.717, 1.165) is 16.7 Å². The molecule has 0 spiro atoms. The van der Waals surface area contributed by atoms with Crippen LogP contribution in [0.4, 0.5) is 5.82 Å². The topological polar surface area (TPSA) is 207 Å². The third-order valence-corrected chi connectivity index (χ3v) is 10.1. The van der Waals surface area contributed by atoms with Crippen LogP contribution in [0.2, 0.25) is 20.1 Å². The van der Waals surface area contributed by atoms with Crippen LogP contribution in [-0.4, -0.2) is 77.7 Å². The monoisotopic (exact) mass is 907 g/mol. The highest BCUT2D eigenvalue weighted by molar-refractivity contribution is 6.40. The van der Waals surface area contributed by atoms with Crippen LogP contribution in [0.1, 0.15) is 43.0 Å². The zero-order valence-corrected chi connectivity index (χ0v) is 35.7. The quantitative estimate of drug-likeness (QED) is 0.0591. The van der Waals surface area contributed by atoms with Crippen LogP contribution in [0.5, 0.6) is 0 Å². The molecule has 1 heterocycles. The summed E-state index contributed by atoms with van der Waals surface area (Å²) in [4.78, 5) is 76.7. The highest BCUT2D eigenvalue weighted by Gasteiger charge is 2.26. The second-order valence-corrected chi connectivity index (χ2v) is 15.0. The molecule has 0 fully saturated rings. The fourth-order valence-corrected chi connectivity index (χ4v) is 6.87. The molecule has 17 heteroatoms. The zero-order valence-electron chi connectivity index (χ0n) is 32.6. The molecule has 2 amide bonds. The van der Waals surface area contributed by atoms with Gasteiger partial charge in [0.15, 0.2) is 11.6 Å². The van der Waals surface area contributed by atoms with Gasteiger partial charge in [0.1, 0.15) is 17.9 Å². The van der Waals surface area contributed by atoms with E-state index in [1.165, 1.54) is 31.4 Å². The molecular formula is C44H41Cl4N5O8. The minimum absolute atomic E-state index is 0.0111. The number of Topliss-reactive ketones (excluding diaryl/α,β-unsaturated/α-hetero) is 2. The van der Waals surface area contributed by atoms with Gasteiger partial charge in [-0.1, -0.05) is 113 Å².